The highest BCUT2D eigenvalue weighted by atomic mass is 79.9. The molecule has 1 aliphatic heterocycles. The van der Waals surface area contributed by atoms with Gasteiger partial charge in [0.2, 0.25) is 0 Å². The number of rotatable bonds is 2. The van der Waals surface area contributed by atoms with Gasteiger partial charge in [-0.2, -0.15) is 0 Å². The van der Waals surface area contributed by atoms with Crippen LogP contribution in [0.1, 0.15) is 36.5 Å². The minimum Gasteiger partial charge on any atom is -0.334 e. The largest absolute Gasteiger partial charge is 0.334 e. The van der Waals surface area contributed by atoms with Crippen LogP contribution >= 0.6 is 15.9 Å². The fourth-order valence-corrected chi connectivity index (χ4v) is 2.91. The van der Waals surface area contributed by atoms with E-state index in [0.29, 0.717) is 11.0 Å². The van der Waals surface area contributed by atoms with E-state index in [2.05, 4.69) is 15.9 Å². The molecule has 5 heteroatoms. The smallest absolute Gasteiger partial charge is 0.257 e. The van der Waals surface area contributed by atoms with E-state index in [1.54, 1.807) is 11.0 Å². The van der Waals surface area contributed by atoms with Crippen LogP contribution in [0.5, 0.6) is 0 Å². The molecule has 104 valence electrons. The topological polar surface area (TPSA) is 46.3 Å². The van der Waals surface area contributed by atoms with Crippen molar-refractivity contribution in [1.82, 2.24) is 4.90 Å². The number of carbonyl (C=O) groups is 1. The van der Waals surface area contributed by atoms with E-state index in [1.807, 2.05) is 6.92 Å². The first-order valence-corrected chi connectivity index (χ1v) is 7.31. The molecule has 19 heavy (non-hydrogen) atoms. The molecule has 0 saturated carbocycles. The maximum absolute atomic E-state index is 13.9. The van der Waals surface area contributed by atoms with Gasteiger partial charge in [-0.1, -0.05) is 15.9 Å². The zero-order valence-corrected chi connectivity index (χ0v) is 12.5. The predicted octanol–water partition coefficient (Wildman–Crippen LogP) is 2.93. The summed E-state index contributed by atoms with van der Waals surface area (Å²) in [6, 6.07) is 4.43. The fraction of sp³-hybridized carbons (Fsp3) is 0.500. The Bertz CT molecular complexity index is 479. The van der Waals surface area contributed by atoms with Gasteiger partial charge in [-0.3, -0.25) is 4.79 Å². The molecule has 1 aromatic carbocycles. The minimum absolute atomic E-state index is 0.00398. The van der Waals surface area contributed by atoms with Gasteiger partial charge < -0.3 is 10.6 Å². The van der Waals surface area contributed by atoms with E-state index in [0.717, 1.165) is 19.3 Å². The molecule has 0 unspecified atom stereocenters. The number of nitrogens with zero attached hydrogens (tertiary/aromatic N) is 1. The molecule has 1 aliphatic rings. The molecular formula is C14H18BrFN2O. The predicted molar refractivity (Wildman–Crippen MR) is 76.4 cm³/mol. The number of carbonyl (C=O) groups excluding carboxylic acids is 1. The van der Waals surface area contributed by atoms with E-state index in [-0.39, 0.29) is 23.6 Å². The Hall–Kier alpha value is -0.940. The van der Waals surface area contributed by atoms with Crippen molar-refractivity contribution in [3.63, 3.8) is 0 Å². The van der Waals surface area contributed by atoms with E-state index < -0.39 is 5.82 Å². The average molecular weight is 329 g/mol. The number of likely N-dealkylation sites (tertiary alicyclic amines) is 1. The second kappa shape index (κ2) is 6.01. The summed E-state index contributed by atoms with van der Waals surface area (Å²) in [5.74, 6) is -0.750. The molecule has 2 N–H and O–H groups in total. The maximum Gasteiger partial charge on any atom is 0.257 e. The summed E-state index contributed by atoms with van der Waals surface area (Å²) >= 11 is 3.19. The number of hydrogen-bond acceptors (Lipinski definition) is 2. The van der Waals surface area contributed by atoms with Gasteiger partial charge in [0.05, 0.1) is 5.56 Å². The van der Waals surface area contributed by atoms with Crippen molar-refractivity contribution >= 4 is 21.8 Å². The number of nitrogens with two attached hydrogens (primary N) is 1. The van der Waals surface area contributed by atoms with Crippen LogP contribution in [0.2, 0.25) is 0 Å². The third kappa shape index (κ3) is 3.15. The number of benzene rings is 1. The van der Waals surface area contributed by atoms with Crippen LogP contribution in [0, 0.1) is 5.82 Å². The molecular weight excluding hydrogens is 311 g/mol. The van der Waals surface area contributed by atoms with Crippen LogP contribution in [0.25, 0.3) is 0 Å². The molecule has 0 aromatic heterocycles. The van der Waals surface area contributed by atoms with Crippen molar-refractivity contribution in [3.05, 3.63) is 34.1 Å². The van der Waals surface area contributed by atoms with Crippen molar-refractivity contribution in [2.24, 2.45) is 5.73 Å². The molecule has 0 spiro atoms. The van der Waals surface area contributed by atoms with Gasteiger partial charge >= 0.3 is 0 Å². The van der Waals surface area contributed by atoms with Gasteiger partial charge in [0.1, 0.15) is 5.82 Å². The Morgan fingerprint density at radius 2 is 2.26 bits per heavy atom. The van der Waals surface area contributed by atoms with E-state index in [9.17, 15) is 9.18 Å². The van der Waals surface area contributed by atoms with Gasteiger partial charge in [-0.15, -0.1) is 0 Å². The van der Waals surface area contributed by atoms with Crippen LogP contribution in [0.15, 0.2) is 22.7 Å². The van der Waals surface area contributed by atoms with Crippen LogP contribution in [0.4, 0.5) is 4.39 Å². The summed E-state index contributed by atoms with van der Waals surface area (Å²) in [7, 11) is 0. The molecule has 1 saturated heterocycles. The van der Waals surface area contributed by atoms with Crippen molar-refractivity contribution in [2.75, 3.05) is 6.54 Å². The Balaban J connectivity index is 2.26. The monoisotopic (exact) mass is 328 g/mol. The van der Waals surface area contributed by atoms with Gasteiger partial charge in [-0.05, 0) is 44.4 Å². The first-order valence-electron chi connectivity index (χ1n) is 6.52. The highest BCUT2D eigenvalue weighted by Gasteiger charge is 2.30. The van der Waals surface area contributed by atoms with Crippen LogP contribution < -0.4 is 5.73 Å². The molecule has 2 atom stereocenters. The lowest BCUT2D eigenvalue weighted by Crippen LogP contribution is -2.51. The molecule has 1 aromatic rings. The standard InChI is InChI=1S/C14H18BrFN2O/c1-9(17)13-4-2-3-7-18(13)14(19)11-6-5-10(15)8-12(11)16/h5-6,8-9,13H,2-4,7,17H2,1H3/t9-,13-/m0/s1. The van der Waals surface area contributed by atoms with E-state index in [4.69, 9.17) is 5.73 Å². The Kier molecular flexibility index (Phi) is 4.58. The minimum atomic E-state index is -0.492. The molecule has 1 fully saturated rings. The van der Waals surface area contributed by atoms with Crippen molar-refractivity contribution in [2.45, 2.75) is 38.3 Å². The Morgan fingerprint density at radius 1 is 1.53 bits per heavy atom. The molecule has 3 nitrogen and oxygen atoms in total. The summed E-state index contributed by atoms with van der Waals surface area (Å²) in [4.78, 5) is 14.2. The van der Waals surface area contributed by atoms with Crippen LogP contribution in [0.3, 0.4) is 0 Å². The summed E-state index contributed by atoms with van der Waals surface area (Å²) in [6.45, 7) is 2.55. The zero-order valence-electron chi connectivity index (χ0n) is 10.9. The lowest BCUT2D eigenvalue weighted by molar-refractivity contribution is 0.0579. The molecule has 2 rings (SSSR count). The quantitative estimate of drug-likeness (QED) is 0.907. The Labute approximate surface area is 121 Å². The summed E-state index contributed by atoms with van der Waals surface area (Å²) in [5.41, 5.74) is 6.06. The molecule has 1 heterocycles. The van der Waals surface area contributed by atoms with Gasteiger partial charge in [0, 0.05) is 23.1 Å². The molecule has 0 aliphatic carbocycles. The fourth-order valence-electron chi connectivity index (χ4n) is 2.57. The Morgan fingerprint density at radius 3 is 2.89 bits per heavy atom. The normalized spacial score (nSPS) is 21.3. The lowest BCUT2D eigenvalue weighted by Gasteiger charge is -2.38. The third-order valence-corrected chi connectivity index (χ3v) is 4.07. The number of hydrogen-bond donors (Lipinski definition) is 1. The summed E-state index contributed by atoms with van der Waals surface area (Å²) in [5, 5.41) is 0. The maximum atomic E-state index is 13.9. The lowest BCUT2D eigenvalue weighted by atomic mass is 9.96. The highest BCUT2D eigenvalue weighted by molar-refractivity contribution is 9.10. The second-order valence-corrected chi connectivity index (χ2v) is 5.96. The first kappa shape index (κ1) is 14.5. The number of halogens is 2. The van der Waals surface area contributed by atoms with Crippen molar-refractivity contribution in [1.29, 1.82) is 0 Å². The molecule has 1 amide bonds. The van der Waals surface area contributed by atoms with Crippen LogP contribution in [-0.4, -0.2) is 29.4 Å². The highest BCUT2D eigenvalue weighted by Crippen LogP contribution is 2.23. The second-order valence-electron chi connectivity index (χ2n) is 5.04. The van der Waals surface area contributed by atoms with Crippen LogP contribution in [-0.2, 0) is 0 Å². The van der Waals surface area contributed by atoms with Crippen molar-refractivity contribution in [3.8, 4) is 0 Å². The number of piperidine rings is 1. The average Bonchev–Trinajstić information content (AvgIpc) is 2.38. The molecule has 0 radical (unpaired) electrons. The van der Waals surface area contributed by atoms with Gasteiger partial charge in [0.15, 0.2) is 0 Å². The SMILES string of the molecule is C[C@H](N)[C@@H]1CCCCN1C(=O)c1ccc(Br)cc1F. The summed E-state index contributed by atoms with van der Waals surface area (Å²) in [6.07, 6.45) is 2.91. The van der Waals surface area contributed by atoms with E-state index in [1.165, 1.54) is 12.1 Å². The zero-order chi connectivity index (χ0) is 14.0. The first-order chi connectivity index (χ1) is 9.00. The van der Waals surface area contributed by atoms with Crippen molar-refractivity contribution < 1.29 is 9.18 Å². The number of amides is 1. The molecule has 0 bridgehead atoms. The van der Waals surface area contributed by atoms with E-state index >= 15 is 0 Å². The van der Waals surface area contributed by atoms with Gasteiger partial charge in [-0.25, -0.2) is 4.39 Å². The third-order valence-electron chi connectivity index (χ3n) is 3.58. The van der Waals surface area contributed by atoms with Gasteiger partial charge in [0.25, 0.3) is 5.91 Å². The summed E-state index contributed by atoms with van der Waals surface area (Å²) < 4.78 is 14.5.